The van der Waals surface area contributed by atoms with E-state index in [1.165, 1.54) is 18.7 Å². The molecule has 9 nitrogen and oxygen atoms in total. The molecular weight excluding hydrogens is 493 g/mol. The van der Waals surface area contributed by atoms with Crippen LogP contribution in [0.15, 0.2) is 40.9 Å². The Morgan fingerprint density at radius 3 is 2.67 bits per heavy atom. The molecule has 3 heterocycles. The Balaban J connectivity index is 1.67. The van der Waals surface area contributed by atoms with Crippen LogP contribution in [0.25, 0.3) is 0 Å². The van der Waals surface area contributed by atoms with Crippen LogP contribution in [0.5, 0.6) is 0 Å². The van der Waals surface area contributed by atoms with Crippen LogP contribution in [-0.2, 0) is 28.9 Å². The fourth-order valence-electron chi connectivity index (χ4n) is 3.80. The van der Waals surface area contributed by atoms with Gasteiger partial charge in [0.2, 0.25) is 5.95 Å². The van der Waals surface area contributed by atoms with E-state index in [0.29, 0.717) is 30.6 Å². The van der Waals surface area contributed by atoms with E-state index in [1.807, 2.05) is 18.0 Å². The molecule has 2 aromatic heterocycles. The lowest BCUT2D eigenvalue weighted by atomic mass is 9.93. The minimum atomic E-state index is -4.50. The number of nitrogens with zero attached hydrogens (tertiary/aromatic N) is 6. The number of likely N-dealkylation sites (N-methyl/N-ethyl adjacent to an activating group) is 1. The van der Waals surface area contributed by atoms with Crippen LogP contribution in [0.1, 0.15) is 22.3 Å². The fraction of sp³-hybridized carbons (Fsp3) is 0.304. The van der Waals surface area contributed by atoms with Gasteiger partial charge in [0.1, 0.15) is 17.5 Å². The molecule has 188 valence electrons. The maximum absolute atomic E-state index is 13.8. The van der Waals surface area contributed by atoms with Crippen molar-refractivity contribution in [2.45, 2.75) is 19.1 Å². The Hall–Kier alpha value is -3.76. The highest BCUT2D eigenvalue weighted by atomic mass is 32.2. The Morgan fingerprint density at radius 2 is 1.97 bits per heavy atom. The largest absolute Gasteiger partial charge is 0.416 e. The lowest BCUT2D eigenvalue weighted by Gasteiger charge is -2.28. The zero-order valence-corrected chi connectivity index (χ0v) is 20.5. The van der Waals surface area contributed by atoms with E-state index >= 15 is 0 Å². The van der Waals surface area contributed by atoms with Crippen LogP contribution < -0.4 is 10.6 Å². The third-order valence-corrected chi connectivity index (χ3v) is 5.92. The van der Waals surface area contributed by atoms with Gasteiger partial charge in [-0.05, 0) is 48.9 Å². The molecule has 0 spiro atoms. The van der Waals surface area contributed by atoms with Gasteiger partial charge in [-0.25, -0.2) is 14.2 Å². The molecule has 0 bridgehead atoms. The predicted molar refractivity (Wildman–Crippen MR) is 131 cm³/mol. The lowest BCUT2D eigenvalue weighted by molar-refractivity contribution is -0.138. The highest BCUT2D eigenvalue weighted by Gasteiger charge is 2.36. The van der Waals surface area contributed by atoms with Crippen molar-refractivity contribution in [3.8, 4) is 6.07 Å². The first-order valence-corrected chi connectivity index (χ1v) is 13.1. The van der Waals surface area contributed by atoms with E-state index in [9.17, 15) is 22.6 Å². The van der Waals surface area contributed by atoms with E-state index in [2.05, 4.69) is 29.9 Å². The van der Waals surface area contributed by atoms with Crippen molar-refractivity contribution < 1.29 is 17.4 Å². The zero-order valence-electron chi connectivity index (χ0n) is 19.7. The molecule has 0 fully saturated rings. The molecule has 2 N–H and O–H groups in total. The number of nitriles is 1. The minimum Gasteiger partial charge on any atom is -0.324 e. The number of alkyl halides is 3. The minimum absolute atomic E-state index is 0.000262. The summed E-state index contributed by atoms with van der Waals surface area (Å²) in [5.41, 5.74) is 0.486. The van der Waals surface area contributed by atoms with Crippen molar-refractivity contribution in [3.05, 3.63) is 58.8 Å². The second-order valence-electron chi connectivity index (χ2n) is 8.62. The Morgan fingerprint density at radius 1 is 1.19 bits per heavy atom. The van der Waals surface area contributed by atoms with Gasteiger partial charge in [0.15, 0.2) is 11.6 Å². The molecule has 0 atom stereocenters. The lowest BCUT2D eigenvalue weighted by Crippen LogP contribution is -2.28. The molecule has 3 aromatic rings. The summed E-state index contributed by atoms with van der Waals surface area (Å²) in [4.78, 5) is 14.6. The first kappa shape index (κ1) is 25.3. The maximum Gasteiger partial charge on any atom is 0.416 e. The summed E-state index contributed by atoms with van der Waals surface area (Å²) in [5, 5.41) is 15.2. The van der Waals surface area contributed by atoms with Crippen molar-refractivity contribution in [1.82, 2.24) is 19.9 Å². The number of anilines is 4. The molecule has 1 aromatic carbocycles. The van der Waals surface area contributed by atoms with Gasteiger partial charge in [0.25, 0.3) is 0 Å². The molecule has 0 saturated carbocycles. The molecule has 36 heavy (non-hydrogen) atoms. The Kier molecular flexibility index (Phi) is 6.83. The van der Waals surface area contributed by atoms with E-state index in [1.54, 1.807) is 24.3 Å². The highest BCUT2D eigenvalue weighted by molar-refractivity contribution is 7.92. The maximum atomic E-state index is 13.8. The summed E-state index contributed by atoms with van der Waals surface area (Å²) in [5.74, 6) is 0.624. The number of hydrogen-bond acceptors (Lipinski definition) is 9. The third kappa shape index (κ3) is 6.07. The first-order chi connectivity index (χ1) is 16.9. The van der Waals surface area contributed by atoms with Gasteiger partial charge >= 0.3 is 6.18 Å². The quantitative estimate of drug-likeness (QED) is 0.505. The molecular formula is C23H23F3N8OS. The first-order valence-electron chi connectivity index (χ1n) is 10.8. The number of nitrogens with one attached hydrogen (secondary N) is 2. The van der Waals surface area contributed by atoms with Gasteiger partial charge in [0.05, 0.1) is 11.8 Å². The van der Waals surface area contributed by atoms with E-state index in [-0.39, 0.29) is 34.7 Å². The molecule has 1 aliphatic heterocycles. The second-order valence-corrected chi connectivity index (χ2v) is 11.2. The standard InChI is InChI=1S/C23H23F3N8OS/c1-34-8-7-17-14(13-34)9-16(10-18(17)23(24,25)26)29-22-28-12-15(11-27)21(32-22)31-19-5-4-6-20(30-19)33-36(2,3)35/h4-6,9-10,12H,7-8,13H2,1-3H3,(H2,28,29,30,31,32). The predicted octanol–water partition coefficient (Wildman–Crippen LogP) is 4.60. The normalized spacial score (nSPS) is 14.0. The van der Waals surface area contributed by atoms with Crippen LogP contribution in [0.2, 0.25) is 0 Å². The second kappa shape index (κ2) is 9.71. The van der Waals surface area contributed by atoms with Crippen LogP contribution in [0.4, 0.5) is 42.3 Å². The van der Waals surface area contributed by atoms with Crippen molar-refractivity contribution in [2.24, 2.45) is 4.36 Å². The molecule has 0 radical (unpaired) electrons. The molecule has 1 aliphatic rings. The number of benzene rings is 1. The smallest absolute Gasteiger partial charge is 0.324 e. The fourth-order valence-corrected chi connectivity index (χ4v) is 4.36. The molecule has 0 saturated heterocycles. The molecule has 13 heteroatoms. The summed E-state index contributed by atoms with van der Waals surface area (Å²) < 4.78 is 57.4. The molecule has 0 unspecified atom stereocenters. The van der Waals surface area contributed by atoms with Crippen LogP contribution in [0.3, 0.4) is 0 Å². The number of pyridine rings is 1. The van der Waals surface area contributed by atoms with Gasteiger partial charge in [0, 0.05) is 41.0 Å². The third-order valence-electron chi connectivity index (χ3n) is 5.29. The number of aromatic nitrogens is 3. The number of halogens is 3. The zero-order chi connectivity index (χ0) is 26.1. The highest BCUT2D eigenvalue weighted by Crippen LogP contribution is 2.38. The average Bonchev–Trinajstić information content (AvgIpc) is 2.77. The molecule has 0 aliphatic carbocycles. The average molecular weight is 517 g/mol. The summed E-state index contributed by atoms with van der Waals surface area (Å²) in [6.07, 6.45) is 0.0270. The van der Waals surface area contributed by atoms with Crippen molar-refractivity contribution >= 4 is 38.8 Å². The van der Waals surface area contributed by atoms with Crippen LogP contribution in [-0.4, -0.2) is 50.2 Å². The number of rotatable bonds is 5. The summed E-state index contributed by atoms with van der Waals surface area (Å²) >= 11 is 0. The number of fused-ring (bicyclic) bond motifs is 1. The molecule has 0 amide bonds. The summed E-state index contributed by atoms with van der Waals surface area (Å²) in [7, 11) is -0.577. The van der Waals surface area contributed by atoms with E-state index < -0.39 is 21.5 Å². The van der Waals surface area contributed by atoms with Crippen LogP contribution >= 0.6 is 0 Å². The van der Waals surface area contributed by atoms with Crippen molar-refractivity contribution in [2.75, 3.05) is 36.7 Å². The summed E-state index contributed by atoms with van der Waals surface area (Å²) in [6, 6.07) is 9.52. The molecule has 4 rings (SSSR count). The SMILES string of the molecule is CN1CCc2c(cc(Nc3ncc(C#N)c(Nc4cccc(N=S(C)(C)=O)n4)n3)cc2C(F)(F)F)C1. The van der Waals surface area contributed by atoms with Gasteiger partial charge < -0.3 is 15.5 Å². The van der Waals surface area contributed by atoms with Crippen molar-refractivity contribution in [1.29, 1.82) is 5.26 Å². The van der Waals surface area contributed by atoms with E-state index in [0.717, 1.165) is 6.07 Å². The monoisotopic (exact) mass is 516 g/mol. The van der Waals surface area contributed by atoms with Gasteiger partial charge in [-0.1, -0.05) is 6.07 Å². The van der Waals surface area contributed by atoms with Gasteiger partial charge in [-0.3, -0.25) is 0 Å². The van der Waals surface area contributed by atoms with Crippen LogP contribution in [0, 0.1) is 11.3 Å². The van der Waals surface area contributed by atoms with Gasteiger partial charge in [-0.2, -0.15) is 27.8 Å². The number of hydrogen-bond donors (Lipinski definition) is 2. The van der Waals surface area contributed by atoms with E-state index in [4.69, 9.17) is 0 Å². The van der Waals surface area contributed by atoms with Crippen molar-refractivity contribution in [3.63, 3.8) is 0 Å². The Bertz CT molecular complexity index is 1470. The Labute approximate surface area is 206 Å². The van der Waals surface area contributed by atoms with Gasteiger partial charge in [-0.15, -0.1) is 0 Å². The summed E-state index contributed by atoms with van der Waals surface area (Å²) in [6.45, 7) is 0.941. The topological polar surface area (TPSA) is 119 Å².